The lowest BCUT2D eigenvalue weighted by atomic mass is 10.3. The highest BCUT2D eigenvalue weighted by molar-refractivity contribution is 4.69. The normalized spacial score (nSPS) is 13.9. The molecule has 4 heteroatoms. The Labute approximate surface area is 92.8 Å². The fourth-order valence-corrected chi connectivity index (χ4v) is 1.56. The fraction of sp³-hybridized carbons (Fsp3) is 0.818. The van der Waals surface area contributed by atoms with E-state index in [2.05, 4.69) is 26.0 Å². The van der Waals surface area contributed by atoms with Gasteiger partial charge < -0.3 is 20.0 Å². The van der Waals surface area contributed by atoms with Gasteiger partial charge in [0.05, 0.1) is 27.2 Å². The first-order valence-corrected chi connectivity index (χ1v) is 5.44. The molecule has 0 saturated heterocycles. The van der Waals surface area contributed by atoms with Crippen molar-refractivity contribution in [2.24, 2.45) is 0 Å². The zero-order valence-corrected chi connectivity index (χ0v) is 9.95. The van der Waals surface area contributed by atoms with Crippen LogP contribution in [0.15, 0.2) is 12.7 Å². The smallest absolute Gasteiger partial charge is 0.126 e. The summed E-state index contributed by atoms with van der Waals surface area (Å²) < 4.78 is 0.734. The van der Waals surface area contributed by atoms with Crippen LogP contribution >= 0.6 is 0 Å². The van der Waals surface area contributed by atoms with Gasteiger partial charge >= 0.3 is 0 Å². The molecule has 0 spiro atoms. The number of aliphatic hydroxyl groups is 2. The van der Waals surface area contributed by atoms with Crippen LogP contribution in [0.3, 0.4) is 0 Å². The molecule has 0 aromatic heterocycles. The number of nitrogens with one attached hydrogen (secondary N) is 1. The van der Waals surface area contributed by atoms with Gasteiger partial charge in [0, 0.05) is 19.5 Å². The number of quaternary nitrogens is 1. The van der Waals surface area contributed by atoms with Crippen LogP contribution in [0.25, 0.3) is 0 Å². The van der Waals surface area contributed by atoms with Crippen molar-refractivity contribution in [3.63, 3.8) is 0 Å². The second kappa shape index (κ2) is 7.82. The first kappa shape index (κ1) is 14.6. The summed E-state index contributed by atoms with van der Waals surface area (Å²) in [5.74, 6) is 0. The maximum atomic E-state index is 9.34. The van der Waals surface area contributed by atoms with Gasteiger partial charge in [0.25, 0.3) is 0 Å². The van der Waals surface area contributed by atoms with Crippen molar-refractivity contribution in [3.05, 3.63) is 12.7 Å². The number of aliphatic hydroxyl groups excluding tert-OH is 2. The van der Waals surface area contributed by atoms with E-state index in [4.69, 9.17) is 5.11 Å². The van der Waals surface area contributed by atoms with Gasteiger partial charge in [-0.05, 0) is 0 Å². The van der Waals surface area contributed by atoms with E-state index < -0.39 is 6.10 Å². The van der Waals surface area contributed by atoms with Gasteiger partial charge in [-0.25, -0.2) is 0 Å². The molecule has 0 heterocycles. The minimum atomic E-state index is -0.610. The Morgan fingerprint density at radius 1 is 1.47 bits per heavy atom. The zero-order valence-electron chi connectivity index (χ0n) is 9.95. The molecule has 0 saturated carbocycles. The standard InChI is InChI=1S/C11H25N2O2/c1-4-6-12-7-5-8-13(2,3)9-11(15)10-14/h4,11-12,14-15H,1,5-10H2,2-3H3/q+1. The molecule has 1 unspecified atom stereocenters. The molecule has 0 aromatic rings. The number of rotatable bonds is 9. The molecule has 1 atom stereocenters. The van der Waals surface area contributed by atoms with Crippen molar-refractivity contribution in [2.45, 2.75) is 12.5 Å². The summed E-state index contributed by atoms with van der Waals surface area (Å²) in [6, 6.07) is 0. The Balaban J connectivity index is 3.59. The average Bonchev–Trinajstić information content (AvgIpc) is 2.16. The van der Waals surface area contributed by atoms with E-state index in [0.717, 1.165) is 30.5 Å². The van der Waals surface area contributed by atoms with Crippen LogP contribution in [-0.2, 0) is 0 Å². The zero-order chi connectivity index (χ0) is 11.7. The molecule has 0 fully saturated rings. The highest BCUT2D eigenvalue weighted by Crippen LogP contribution is 2.01. The van der Waals surface area contributed by atoms with Crippen LogP contribution in [0.5, 0.6) is 0 Å². The molecule has 0 amide bonds. The largest absolute Gasteiger partial charge is 0.393 e. The summed E-state index contributed by atoms with van der Waals surface area (Å²) in [5, 5.41) is 21.3. The Morgan fingerprint density at radius 2 is 2.13 bits per heavy atom. The number of likely N-dealkylation sites (N-methyl/N-ethyl adjacent to an activating group) is 1. The van der Waals surface area contributed by atoms with Crippen molar-refractivity contribution >= 4 is 0 Å². The van der Waals surface area contributed by atoms with E-state index in [1.54, 1.807) is 0 Å². The summed E-state index contributed by atoms with van der Waals surface area (Å²) in [5.41, 5.74) is 0. The highest BCUT2D eigenvalue weighted by Gasteiger charge is 2.19. The van der Waals surface area contributed by atoms with E-state index >= 15 is 0 Å². The molecule has 4 nitrogen and oxygen atoms in total. The van der Waals surface area contributed by atoms with E-state index in [0.29, 0.717) is 6.54 Å². The minimum absolute atomic E-state index is 0.156. The van der Waals surface area contributed by atoms with E-state index in [1.165, 1.54) is 0 Å². The summed E-state index contributed by atoms with van der Waals surface area (Å²) in [6.45, 7) is 6.86. The maximum absolute atomic E-state index is 9.34. The lowest BCUT2D eigenvalue weighted by Gasteiger charge is -2.31. The van der Waals surface area contributed by atoms with Crippen molar-refractivity contribution < 1.29 is 14.7 Å². The second-order valence-corrected chi connectivity index (χ2v) is 4.52. The van der Waals surface area contributed by atoms with Gasteiger partial charge in [-0.3, -0.25) is 0 Å². The molecule has 0 rings (SSSR count). The monoisotopic (exact) mass is 217 g/mol. The quantitative estimate of drug-likeness (QED) is 0.279. The maximum Gasteiger partial charge on any atom is 0.126 e. The fourth-order valence-electron chi connectivity index (χ4n) is 1.56. The average molecular weight is 217 g/mol. The molecule has 0 aromatic carbocycles. The predicted octanol–water partition coefficient (Wildman–Crippen LogP) is -0.418. The number of hydrogen-bond donors (Lipinski definition) is 3. The Kier molecular flexibility index (Phi) is 7.60. The van der Waals surface area contributed by atoms with Crippen LogP contribution in [0.4, 0.5) is 0 Å². The summed E-state index contributed by atoms with van der Waals surface area (Å²) in [7, 11) is 4.12. The summed E-state index contributed by atoms with van der Waals surface area (Å²) in [4.78, 5) is 0. The Hall–Kier alpha value is -0.420. The third kappa shape index (κ3) is 8.57. The molecule has 0 bridgehead atoms. The molecular weight excluding hydrogens is 192 g/mol. The minimum Gasteiger partial charge on any atom is -0.393 e. The van der Waals surface area contributed by atoms with E-state index in [-0.39, 0.29) is 6.61 Å². The summed E-state index contributed by atoms with van der Waals surface area (Å²) >= 11 is 0. The van der Waals surface area contributed by atoms with Crippen LogP contribution in [0, 0.1) is 0 Å². The molecule has 15 heavy (non-hydrogen) atoms. The SMILES string of the molecule is C=CCNCCC[N+](C)(C)CC(O)CO. The van der Waals surface area contributed by atoms with Gasteiger partial charge in [0.15, 0.2) is 0 Å². The first-order chi connectivity index (χ1) is 7.02. The number of hydrogen-bond acceptors (Lipinski definition) is 3. The van der Waals surface area contributed by atoms with E-state index in [9.17, 15) is 5.11 Å². The Morgan fingerprint density at radius 3 is 2.67 bits per heavy atom. The molecule has 0 aliphatic rings. The van der Waals surface area contributed by atoms with Gasteiger partial charge in [-0.2, -0.15) is 0 Å². The molecule has 3 N–H and O–H groups in total. The lowest BCUT2D eigenvalue weighted by Crippen LogP contribution is -2.47. The topological polar surface area (TPSA) is 52.5 Å². The molecule has 0 radical (unpaired) electrons. The van der Waals surface area contributed by atoms with Gasteiger partial charge in [0.2, 0.25) is 0 Å². The van der Waals surface area contributed by atoms with Crippen LogP contribution in [0.1, 0.15) is 6.42 Å². The van der Waals surface area contributed by atoms with Crippen LogP contribution < -0.4 is 5.32 Å². The van der Waals surface area contributed by atoms with Crippen LogP contribution in [0.2, 0.25) is 0 Å². The molecule has 0 aliphatic heterocycles. The molecular formula is C11H25N2O2+. The van der Waals surface area contributed by atoms with Crippen LogP contribution in [-0.4, -0.2) is 67.7 Å². The molecule has 90 valence electrons. The van der Waals surface area contributed by atoms with Gasteiger partial charge in [-0.15, -0.1) is 6.58 Å². The van der Waals surface area contributed by atoms with Crippen molar-refractivity contribution in [2.75, 3.05) is 46.9 Å². The van der Waals surface area contributed by atoms with Gasteiger partial charge in [-0.1, -0.05) is 6.08 Å². The Bertz CT molecular complexity index is 172. The van der Waals surface area contributed by atoms with Gasteiger partial charge in [0.1, 0.15) is 12.6 Å². The third-order valence-electron chi connectivity index (χ3n) is 2.32. The third-order valence-corrected chi connectivity index (χ3v) is 2.32. The predicted molar refractivity (Wildman–Crippen MR) is 62.6 cm³/mol. The highest BCUT2D eigenvalue weighted by atomic mass is 16.3. The van der Waals surface area contributed by atoms with E-state index in [1.807, 2.05) is 6.08 Å². The lowest BCUT2D eigenvalue weighted by molar-refractivity contribution is -0.893. The number of nitrogens with zero attached hydrogens (tertiary/aromatic N) is 1. The first-order valence-electron chi connectivity index (χ1n) is 5.44. The van der Waals surface area contributed by atoms with Crippen molar-refractivity contribution in [1.29, 1.82) is 0 Å². The van der Waals surface area contributed by atoms with Crippen molar-refractivity contribution in [3.8, 4) is 0 Å². The second-order valence-electron chi connectivity index (χ2n) is 4.52. The molecule has 0 aliphatic carbocycles. The van der Waals surface area contributed by atoms with Crippen molar-refractivity contribution in [1.82, 2.24) is 5.32 Å². The summed E-state index contributed by atoms with van der Waals surface area (Å²) in [6.07, 6.45) is 2.29.